The molecule has 2 rings (SSSR count). The predicted molar refractivity (Wildman–Crippen MR) is 82.4 cm³/mol. The number of halogens is 2. The average Bonchev–Trinajstić information content (AvgIpc) is 2.46. The van der Waals surface area contributed by atoms with Gasteiger partial charge < -0.3 is 4.74 Å². The van der Waals surface area contributed by atoms with Gasteiger partial charge in [-0.15, -0.1) is 0 Å². The van der Waals surface area contributed by atoms with Gasteiger partial charge in [-0.1, -0.05) is 48.3 Å². The molecule has 0 aliphatic rings. The van der Waals surface area contributed by atoms with Crippen molar-refractivity contribution in [1.29, 1.82) is 0 Å². The molecule has 0 saturated heterocycles. The van der Waals surface area contributed by atoms with E-state index in [0.29, 0.717) is 21.4 Å². The van der Waals surface area contributed by atoms with Crippen molar-refractivity contribution in [3.05, 3.63) is 63.1 Å². The Bertz CT molecular complexity index is 638. The maximum absolute atomic E-state index is 11.2. The zero-order chi connectivity index (χ0) is 14.7. The quantitative estimate of drug-likeness (QED) is 0.746. The van der Waals surface area contributed by atoms with Crippen LogP contribution in [0.2, 0.25) is 10.0 Å². The lowest BCUT2D eigenvalue weighted by Gasteiger charge is -2.16. The summed E-state index contributed by atoms with van der Waals surface area (Å²) in [6.45, 7) is 2.02. The third kappa shape index (κ3) is 2.82. The second kappa shape index (κ2) is 6.29. The van der Waals surface area contributed by atoms with Crippen molar-refractivity contribution in [3.8, 4) is 5.75 Å². The highest BCUT2D eigenvalue weighted by Crippen LogP contribution is 2.35. The molecule has 0 radical (unpaired) electrons. The van der Waals surface area contributed by atoms with Crippen LogP contribution in [0.25, 0.3) is 0 Å². The second-order valence-electron chi connectivity index (χ2n) is 4.49. The van der Waals surface area contributed by atoms with Crippen LogP contribution in [0.15, 0.2) is 36.4 Å². The summed E-state index contributed by atoms with van der Waals surface area (Å²) in [5, 5.41) is 1.12. The van der Waals surface area contributed by atoms with Crippen molar-refractivity contribution in [1.82, 2.24) is 0 Å². The van der Waals surface area contributed by atoms with E-state index in [1.54, 1.807) is 12.1 Å². The molecule has 4 heteroatoms. The van der Waals surface area contributed by atoms with Crippen molar-refractivity contribution < 1.29 is 9.53 Å². The molecule has 104 valence electrons. The summed E-state index contributed by atoms with van der Waals surface area (Å²) in [6, 6.07) is 11.2. The number of methoxy groups -OCH3 is 1. The van der Waals surface area contributed by atoms with E-state index >= 15 is 0 Å². The number of rotatable bonds is 4. The van der Waals surface area contributed by atoms with Crippen LogP contribution in [-0.4, -0.2) is 13.4 Å². The fourth-order valence-corrected chi connectivity index (χ4v) is 2.81. The number of hydrogen-bond donors (Lipinski definition) is 0. The minimum atomic E-state index is 0.0332. The molecule has 0 bridgehead atoms. The molecule has 20 heavy (non-hydrogen) atoms. The SMILES string of the molecule is COc1c(Cl)cc(C(C)c2ccccc2Cl)cc1C=O. The van der Waals surface area contributed by atoms with E-state index in [-0.39, 0.29) is 5.92 Å². The Morgan fingerprint density at radius 1 is 1.15 bits per heavy atom. The number of carbonyl (C=O) groups is 1. The van der Waals surface area contributed by atoms with Crippen LogP contribution < -0.4 is 4.74 Å². The molecule has 0 aliphatic heterocycles. The Balaban J connectivity index is 2.51. The second-order valence-corrected chi connectivity index (χ2v) is 5.30. The van der Waals surface area contributed by atoms with Gasteiger partial charge in [-0.25, -0.2) is 0 Å². The topological polar surface area (TPSA) is 26.3 Å². The molecule has 1 atom stereocenters. The number of benzene rings is 2. The van der Waals surface area contributed by atoms with Crippen LogP contribution in [0, 0.1) is 0 Å². The molecule has 0 amide bonds. The maximum atomic E-state index is 11.2. The first-order chi connectivity index (χ1) is 9.58. The van der Waals surface area contributed by atoms with Gasteiger partial charge >= 0.3 is 0 Å². The Morgan fingerprint density at radius 2 is 1.85 bits per heavy atom. The largest absolute Gasteiger partial charge is 0.494 e. The van der Waals surface area contributed by atoms with Crippen molar-refractivity contribution in [2.75, 3.05) is 7.11 Å². The Kier molecular flexibility index (Phi) is 4.69. The fourth-order valence-electron chi connectivity index (χ4n) is 2.20. The molecule has 0 aliphatic carbocycles. The van der Waals surface area contributed by atoms with Crippen LogP contribution in [0.1, 0.15) is 34.3 Å². The Hall–Kier alpha value is -1.51. The first kappa shape index (κ1) is 14.9. The van der Waals surface area contributed by atoms with E-state index in [0.717, 1.165) is 17.4 Å². The molecule has 0 fully saturated rings. The molecule has 2 aromatic rings. The molecule has 0 saturated carbocycles. The molecule has 1 unspecified atom stereocenters. The minimum absolute atomic E-state index is 0.0332. The van der Waals surface area contributed by atoms with Crippen LogP contribution in [0.3, 0.4) is 0 Å². The third-order valence-corrected chi connectivity index (χ3v) is 3.92. The monoisotopic (exact) mass is 308 g/mol. The Labute approximate surface area is 128 Å². The Morgan fingerprint density at radius 3 is 2.45 bits per heavy atom. The van der Waals surface area contributed by atoms with Gasteiger partial charge in [0.1, 0.15) is 5.75 Å². The molecule has 2 nitrogen and oxygen atoms in total. The van der Waals surface area contributed by atoms with Gasteiger partial charge in [-0.05, 0) is 29.3 Å². The molecule has 0 spiro atoms. The van der Waals surface area contributed by atoms with Crippen molar-refractivity contribution in [2.24, 2.45) is 0 Å². The molecular formula is C16H14Cl2O2. The molecule has 0 aromatic heterocycles. The molecule has 2 aromatic carbocycles. The van der Waals surface area contributed by atoms with Crippen molar-refractivity contribution in [2.45, 2.75) is 12.8 Å². The molecule has 0 N–H and O–H groups in total. The van der Waals surface area contributed by atoms with Crippen molar-refractivity contribution >= 4 is 29.5 Å². The summed E-state index contributed by atoms with van der Waals surface area (Å²) < 4.78 is 5.14. The summed E-state index contributed by atoms with van der Waals surface area (Å²) in [5.41, 5.74) is 2.35. The summed E-state index contributed by atoms with van der Waals surface area (Å²) in [6.07, 6.45) is 0.744. The lowest BCUT2D eigenvalue weighted by Crippen LogP contribution is -2.00. The zero-order valence-electron chi connectivity index (χ0n) is 11.2. The highest BCUT2D eigenvalue weighted by Gasteiger charge is 2.16. The van der Waals surface area contributed by atoms with Gasteiger partial charge in [0.2, 0.25) is 0 Å². The van der Waals surface area contributed by atoms with Gasteiger partial charge in [-0.2, -0.15) is 0 Å². The van der Waals surface area contributed by atoms with E-state index in [1.165, 1.54) is 7.11 Å². The van der Waals surface area contributed by atoms with Gasteiger partial charge in [0, 0.05) is 10.9 Å². The maximum Gasteiger partial charge on any atom is 0.153 e. The van der Waals surface area contributed by atoms with Crippen LogP contribution >= 0.6 is 23.2 Å². The molecular weight excluding hydrogens is 295 g/mol. The first-order valence-electron chi connectivity index (χ1n) is 6.15. The smallest absolute Gasteiger partial charge is 0.153 e. The molecule has 0 heterocycles. The average molecular weight is 309 g/mol. The lowest BCUT2D eigenvalue weighted by atomic mass is 9.92. The summed E-state index contributed by atoms with van der Waals surface area (Å²) in [5.74, 6) is 0.433. The minimum Gasteiger partial charge on any atom is -0.494 e. The van der Waals surface area contributed by atoms with Crippen LogP contribution in [-0.2, 0) is 0 Å². The standard InChI is InChI=1S/C16H14Cl2O2/c1-10(13-5-3-4-6-14(13)17)11-7-12(9-19)16(20-2)15(18)8-11/h3-10H,1-2H3. The van der Waals surface area contributed by atoms with Gasteiger partial charge in [0.25, 0.3) is 0 Å². The fraction of sp³-hybridized carbons (Fsp3) is 0.188. The van der Waals surface area contributed by atoms with E-state index in [9.17, 15) is 4.79 Å². The lowest BCUT2D eigenvalue weighted by molar-refractivity contribution is 0.112. The van der Waals surface area contributed by atoms with Gasteiger partial charge in [0.15, 0.2) is 6.29 Å². The highest BCUT2D eigenvalue weighted by atomic mass is 35.5. The number of hydrogen-bond acceptors (Lipinski definition) is 2. The van der Waals surface area contributed by atoms with Gasteiger partial charge in [-0.3, -0.25) is 4.79 Å². The third-order valence-electron chi connectivity index (χ3n) is 3.30. The first-order valence-corrected chi connectivity index (χ1v) is 6.91. The van der Waals surface area contributed by atoms with Crippen LogP contribution in [0.4, 0.5) is 0 Å². The normalized spacial score (nSPS) is 12.0. The van der Waals surface area contributed by atoms with Crippen molar-refractivity contribution in [3.63, 3.8) is 0 Å². The van der Waals surface area contributed by atoms with E-state index in [1.807, 2.05) is 31.2 Å². The summed E-state index contributed by atoms with van der Waals surface area (Å²) in [7, 11) is 1.49. The summed E-state index contributed by atoms with van der Waals surface area (Å²) in [4.78, 5) is 11.2. The van der Waals surface area contributed by atoms with Gasteiger partial charge in [0.05, 0.1) is 17.7 Å². The highest BCUT2D eigenvalue weighted by molar-refractivity contribution is 6.32. The van der Waals surface area contributed by atoms with Crippen LogP contribution in [0.5, 0.6) is 5.75 Å². The van der Waals surface area contributed by atoms with E-state index in [4.69, 9.17) is 27.9 Å². The number of aldehydes is 1. The summed E-state index contributed by atoms with van der Waals surface area (Å²) >= 11 is 12.4. The number of carbonyl (C=O) groups excluding carboxylic acids is 1. The predicted octanol–water partition coefficient (Wildman–Crippen LogP) is 4.97. The van der Waals surface area contributed by atoms with E-state index < -0.39 is 0 Å². The zero-order valence-corrected chi connectivity index (χ0v) is 12.7. The van der Waals surface area contributed by atoms with E-state index in [2.05, 4.69) is 0 Å². The number of ether oxygens (including phenoxy) is 1.